The van der Waals surface area contributed by atoms with Crippen LogP contribution >= 0.6 is 11.6 Å². The molecule has 0 spiro atoms. The molecule has 6 heteroatoms. The molecule has 1 rings (SSSR count). The van der Waals surface area contributed by atoms with Gasteiger partial charge in [-0.3, -0.25) is 0 Å². The quantitative estimate of drug-likeness (QED) is 0.791. The average Bonchev–Trinajstić information content (AvgIpc) is 2.31. The van der Waals surface area contributed by atoms with Crippen LogP contribution in [0.25, 0.3) is 0 Å². The van der Waals surface area contributed by atoms with Gasteiger partial charge in [0.05, 0.1) is 0 Å². The first-order chi connectivity index (χ1) is 5.52. The van der Waals surface area contributed by atoms with E-state index in [4.69, 9.17) is 16.7 Å². The summed E-state index contributed by atoms with van der Waals surface area (Å²) >= 11 is 5.19. The predicted octanol–water partition coefficient (Wildman–Crippen LogP) is 2.57. The fourth-order valence-corrected chi connectivity index (χ4v) is 0.896. The molecular formula is C6H3ClF2O3. The summed E-state index contributed by atoms with van der Waals surface area (Å²) in [4.78, 5) is 10.3. The maximum atomic E-state index is 12.0. The van der Waals surface area contributed by atoms with Crippen molar-refractivity contribution in [1.29, 1.82) is 0 Å². The molecule has 0 saturated carbocycles. The normalized spacial score (nSPS) is 10.7. The zero-order chi connectivity index (χ0) is 9.30. The van der Waals surface area contributed by atoms with Crippen LogP contribution in [0, 0.1) is 0 Å². The van der Waals surface area contributed by atoms with E-state index >= 15 is 0 Å². The highest BCUT2D eigenvalue weighted by atomic mass is 35.5. The van der Waals surface area contributed by atoms with Crippen molar-refractivity contribution in [2.75, 3.05) is 0 Å². The fourth-order valence-electron chi connectivity index (χ4n) is 0.703. The first-order valence-corrected chi connectivity index (χ1v) is 3.21. The molecular weight excluding hydrogens is 194 g/mol. The van der Waals surface area contributed by atoms with Crippen molar-refractivity contribution in [1.82, 2.24) is 0 Å². The molecule has 0 radical (unpaired) electrons. The Kier molecular flexibility index (Phi) is 2.32. The van der Waals surface area contributed by atoms with Crippen LogP contribution in [0.1, 0.15) is 22.5 Å². The summed E-state index contributed by atoms with van der Waals surface area (Å²) in [5, 5.41) is 8.02. The lowest BCUT2D eigenvalue weighted by atomic mass is 10.2. The lowest BCUT2D eigenvalue weighted by molar-refractivity contribution is 0.0673. The lowest BCUT2D eigenvalue weighted by Gasteiger charge is -1.93. The molecule has 12 heavy (non-hydrogen) atoms. The van der Waals surface area contributed by atoms with E-state index in [1.165, 1.54) is 0 Å². The number of hydrogen-bond donors (Lipinski definition) is 1. The van der Waals surface area contributed by atoms with E-state index in [0.717, 1.165) is 6.07 Å². The zero-order valence-corrected chi connectivity index (χ0v) is 6.31. The minimum atomic E-state index is -2.97. The Morgan fingerprint density at radius 1 is 1.67 bits per heavy atom. The summed E-state index contributed by atoms with van der Waals surface area (Å²) in [5.74, 6) is -2.39. The second-order valence-corrected chi connectivity index (χ2v) is 2.31. The molecule has 0 unspecified atom stereocenters. The lowest BCUT2D eigenvalue weighted by Crippen LogP contribution is -1.98. The van der Waals surface area contributed by atoms with Crippen molar-refractivity contribution < 1.29 is 23.1 Å². The van der Waals surface area contributed by atoms with Gasteiger partial charge in [-0.25, -0.2) is 13.6 Å². The van der Waals surface area contributed by atoms with Gasteiger partial charge in [0.25, 0.3) is 6.43 Å². The van der Waals surface area contributed by atoms with Gasteiger partial charge in [0.2, 0.25) is 0 Å². The molecule has 0 bridgehead atoms. The standard InChI is InChI=1S/C6H3ClF2O3/c7-3-1-2(6(10)11)4(12-3)5(8)9/h1,5H,(H,10,11). The summed E-state index contributed by atoms with van der Waals surface area (Å²) in [6, 6.07) is 0.839. The summed E-state index contributed by atoms with van der Waals surface area (Å²) in [6.07, 6.45) is -2.97. The molecule has 0 saturated heterocycles. The Balaban J connectivity index is 3.17. The molecule has 0 aromatic carbocycles. The summed E-state index contributed by atoms with van der Waals surface area (Å²) < 4.78 is 28.2. The minimum absolute atomic E-state index is 0.359. The van der Waals surface area contributed by atoms with Gasteiger partial charge in [0.1, 0.15) is 5.56 Å². The van der Waals surface area contributed by atoms with Crippen LogP contribution in [0.3, 0.4) is 0 Å². The van der Waals surface area contributed by atoms with Crippen molar-refractivity contribution in [3.05, 3.63) is 22.6 Å². The monoisotopic (exact) mass is 196 g/mol. The maximum absolute atomic E-state index is 12.0. The molecule has 3 nitrogen and oxygen atoms in total. The Hall–Kier alpha value is -1.10. The number of carboxylic acids is 1. The van der Waals surface area contributed by atoms with Gasteiger partial charge in [-0.2, -0.15) is 0 Å². The van der Waals surface area contributed by atoms with Gasteiger partial charge in [0.15, 0.2) is 11.0 Å². The number of hydrogen-bond acceptors (Lipinski definition) is 2. The van der Waals surface area contributed by atoms with Crippen LogP contribution in [0.5, 0.6) is 0 Å². The molecule has 0 aliphatic rings. The highest BCUT2D eigenvalue weighted by molar-refractivity contribution is 6.29. The van der Waals surface area contributed by atoms with Gasteiger partial charge in [0, 0.05) is 6.07 Å². The van der Waals surface area contributed by atoms with E-state index in [2.05, 4.69) is 4.42 Å². The van der Waals surface area contributed by atoms with Crippen molar-refractivity contribution in [3.63, 3.8) is 0 Å². The molecule has 1 aromatic rings. The SMILES string of the molecule is O=C(O)c1cc(Cl)oc1C(F)F. The number of rotatable bonds is 2. The Bertz CT molecular complexity index is 308. The molecule has 0 fully saturated rings. The number of carbonyl (C=O) groups is 1. The van der Waals surface area contributed by atoms with Crippen LogP contribution in [0.4, 0.5) is 8.78 Å². The van der Waals surface area contributed by atoms with Crippen LogP contribution in [0.15, 0.2) is 10.5 Å². The third-order valence-corrected chi connectivity index (χ3v) is 1.35. The summed E-state index contributed by atoms with van der Waals surface area (Å²) in [7, 11) is 0. The van der Waals surface area contributed by atoms with E-state index in [1.54, 1.807) is 0 Å². The van der Waals surface area contributed by atoms with Gasteiger partial charge < -0.3 is 9.52 Å². The molecule has 1 aromatic heterocycles. The highest BCUT2D eigenvalue weighted by Gasteiger charge is 2.23. The third-order valence-electron chi connectivity index (χ3n) is 1.16. The number of furan rings is 1. The second-order valence-electron chi connectivity index (χ2n) is 1.93. The van der Waals surface area contributed by atoms with E-state index in [9.17, 15) is 13.6 Å². The molecule has 66 valence electrons. The van der Waals surface area contributed by atoms with Gasteiger partial charge in [-0.05, 0) is 11.6 Å². The molecule has 0 aliphatic heterocycles. The van der Waals surface area contributed by atoms with Crippen LogP contribution in [0.2, 0.25) is 5.22 Å². The van der Waals surface area contributed by atoms with Crippen LogP contribution in [-0.4, -0.2) is 11.1 Å². The largest absolute Gasteiger partial charge is 0.478 e. The zero-order valence-electron chi connectivity index (χ0n) is 5.55. The molecule has 1 N–H and O–H groups in total. The number of aromatic carboxylic acids is 1. The number of carboxylic acid groups (broad SMARTS) is 1. The average molecular weight is 197 g/mol. The molecule has 1 heterocycles. The topological polar surface area (TPSA) is 50.4 Å². The van der Waals surface area contributed by atoms with Crippen molar-refractivity contribution in [3.8, 4) is 0 Å². The number of halogens is 3. The van der Waals surface area contributed by atoms with Crippen LogP contribution < -0.4 is 0 Å². The van der Waals surface area contributed by atoms with Gasteiger partial charge >= 0.3 is 5.97 Å². The fraction of sp³-hybridized carbons (Fsp3) is 0.167. The van der Waals surface area contributed by atoms with Crippen molar-refractivity contribution in [2.24, 2.45) is 0 Å². The van der Waals surface area contributed by atoms with Crippen molar-refractivity contribution >= 4 is 17.6 Å². The van der Waals surface area contributed by atoms with Gasteiger partial charge in [-0.1, -0.05) is 0 Å². The Morgan fingerprint density at radius 2 is 2.25 bits per heavy atom. The highest BCUT2D eigenvalue weighted by Crippen LogP contribution is 2.28. The molecule has 0 aliphatic carbocycles. The second kappa shape index (κ2) is 3.10. The summed E-state index contributed by atoms with van der Waals surface area (Å²) in [6.45, 7) is 0. The van der Waals surface area contributed by atoms with Crippen LogP contribution in [-0.2, 0) is 0 Å². The van der Waals surface area contributed by atoms with E-state index in [-0.39, 0.29) is 5.22 Å². The first-order valence-electron chi connectivity index (χ1n) is 2.83. The first kappa shape index (κ1) is 8.99. The number of alkyl halides is 2. The van der Waals surface area contributed by atoms with E-state index in [1.807, 2.05) is 0 Å². The van der Waals surface area contributed by atoms with E-state index in [0.29, 0.717) is 0 Å². The smallest absolute Gasteiger partial charge is 0.339 e. The predicted molar refractivity (Wildman–Crippen MR) is 35.6 cm³/mol. The van der Waals surface area contributed by atoms with E-state index < -0.39 is 23.7 Å². The van der Waals surface area contributed by atoms with Gasteiger partial charge in [-0.15, -0.1) is 0 Å². The Morgan fingerprint density at radius 3 is 2.58 bits per heavy atom. The molecule has 0 amide bonds. The molecule has 0 atom stereocenters. The Labute approximate surface area is 70.5 Å². The third kappa shape index (κ3) is 1.55. The van der Waals surface area contributed by atoms with Crippen molar-refractivity contribution in [2.45, 2.75) is 6.43 Å². The maximum Gasteiger partial charge on any atom is 0.339 e. The summed E-state index contributed by atoms with van der Waals surface area (Å²) in [5.41, 5.74) is -0.602. The minimum Gasteiger partial charge on any atom is -0.478 e.